The van der Waals surface area contributed by atoms with Crippen molar-refractivity contribution in [3.8, 4) is 0 Å². The van der Waals surface area contributed by atoms with E-state index < -0.39 is 23.5 Å². The molecule has 0 aliphatic heterocycles. The molecule has 0 saturated heterocycles. The smallest absolute Gasteiger partial charge is 0.194 e. The van der Waals surface area contributed by atoms with Gasteiger partial charge in [0.1, 0.15) is 0 Å². The Morgan fingerprint density at radius 3 is 2.43 bits per heavy atom. The van der Waals surface area contributed by atoms with E-state index in [2.05, 4.69) is 5.43 Å². The van der Waals surface area contributed by atoms with Crippen LogP contribution in [0.25, 0.3) is 10.1 Å². The second kappa shape index (κ2) is 5.48. The van der Waals surface area contributed by atoms with Gasteiger partial charge in [0.15, 0.2) is 17.5 Å². The van der Waals surface area contributed by atoms with E-state index in [1.165, 1.54) is 11.3 Å². The summed E-state index contributed by atoms with van der Waals surface area (Å²) in [6.07, 6.45) is 0. The first-order chi connectivity index (χ1) is 10.1. The van der Waals surface area contributed by atoms with Gasteiger partial charge >= 0.3 is 0 Å². The average Bonchev–Trinajstić information content (AvgIpc) is 2.94. The van der Waals surface area contributed by atoms with E-state index in [1.807, 2.05) is 29.6 Å². The van der Waals surface area contributed by atoms with Crippen molar-refractivity contribution in [3.05, 3.63) is 70.4 Å². The highest BCUT2D eigenvalue weighted by atomic mass is 32.1. The van der Waals surface area contributed by atoms with Gasteiger partial charge in [-0.15, -0.1) is 11.3 Å². The second-order valence-corrected chi connectivity index (χ2v) is 5.50. The molecule has 21 heavy (non-hydrogen) atoms. The molecule has 3 aromatic rings. The predicted octanol–water partition coefficient (Wildman–Crippen LogP) is 3.87. The molecule has 1 heterocycles. The second-order valence-electron chi connectivity index (χ2n) is 4.58. The molecule has 0 fully saturated rings. The lowest BCUT2D eigenvalue weighted by atomic mass is 9.98. The molecule has 108 valence electrons. The summed E-state index contributed by atoms with van der Waals surface area (Å²) in [5, 5.41) is 2.94. The molecular formula is C15H11F3N2S. The number of halogens is 3. The van der Waals surface area contributed by atoms with Gasteiger partial charge in [0, 0.05) is 4.70 Å². The topological polar surface area (TPSA) is 38.0 Å². The number of nitrogens with one attached hydrogen (secondary N) is 1. The summed E-state index contributed by atoms with van der Waals surface area (Å²) in [4.78, 5) is 0. The Morgan fingerprint density at radius 2 is 1.76 bits per heavy atom. The zero-order valence-corrected chi connectivity index (χ0v) is 11.6. The number of thiophene rings is 1. The minimum atomic E-state index is -1.48. The van der Waals surface area contributed by atoms with Gasteiger partial charge in [-0.3, -0.25) is 5.84 Å². The third-order valence-electron chi connectivity index (χ3n) is 3.33. The van der Waals surface area contributed by atoms with Gasteiger partial charge in [-0.2, -0.15) is 0 Å². The molecule has 0 spiro atoms. The van der Waals surface area contributed by atoms with Crippen LogP contribution in [0.5, 0.6) is 0 Å². The summed E-state index contributed by atoms with van der Waals surface area (Å²) < 4.78 is 40.9. The van der Waals surface area contributed by atoms with Crippen LogP contribution in [0.1, 0.15) is 17.2 Å². The molecular weight excluding hydrogens is 297 g/mol. The molecule has 6 heteroatoms. The largest absolute Gasteiger partial charge is 0.271 e. The Labute approximate surface area is 123 Å². The van der Waals surface area contributed by atoms with Crippen LogP contribution in [0.2, 0.25) is 0 Å². The van der Waals surface area contributed by atoms with Crippen LogP contribution in [-0.2, 0) is 0 Å². The third kappa shape index (κ3) is 2.42. The molecule has 0 radical (unpaired) electrons. The molecule has 0 saturated carbocycles. The van der Waals surface area contributed by atoms with Gasteiger partial charge in [-0.05, 0) is 40.1 Å². The van der Waals surface area contributed by atoms with Crippen molar-refractivity contribution >= 4 is 21.4 Å². The van der Waals surface area contributed by atoms with Crippen LogP contribution in [0.4, 0.5) is 13.2 Å². The van der Waals surface area contributed by atoms with Crippen LogP contribution in [0.3, 0.4) is 0 Å². The fourth-order valence-corrected chi connectivity index (χ4v) is 3.30. The van der Waals surface area contributed by atoms with E-state index in [4.69, 9.17) is 5.84 Å². The van der Waals surface area contributed by atoms with Crippen LogP contribution < -0.4 is 11.3 Å². The van der Waals surface area contributed by atoms with Gasteiger partial charge in [0.05, 0.1) is 6.04 Å². The van der Waals surface area contributed by atoms with E-state index in [1.54, 1.807) is 0 Å². The summed E-state index contributed by atoms with van der Waals surface area (Å²) >= 11 is 1.51. The van der Waals surface area contributed by atoms with E-state index in [9.17, 15) is 13.2 Å². The Hall–Kier alpha value is -1.89. The monoisotopic (exact) mass is 308 g/mol. The Kier molecular flexibility index (Phi) is 3.67. The van der Waals surface area contributed by atoms with Crippen LogP contribution in [0, 0.1) is 17.5 Å². The normalized spacial score (nSPS) is 12.8. The lowest BCUT2D eigenvalue weighted by molar-refractivity contribution is 0.443. The SMILES string of the molecule is NNC(c1cc(F)c(F)c(F)c1)c1cccc2ccsc12. The average molecular weight is 308 g/mol. The maximum atomic E-state index is 13.4. The Morgan fingerprint density at radius 1 is 1.05 bits per heavy atom. The summed E-state index contributed by atoms with van der Waals surface area (Å²) in [6.45, 7) is 0. The van der Waals surface area contributed by atoms with Crippen molar-refractivity contribution in [1.29, 1.82) is 0 Å². The van der Waals surface area contributed by atoms with Crippen molar-refractivity contribution < 1.29 is 13.2 Å². The minimum Gasteiger partial charge on any atom is -0.271 e. The molecule has 0 aliphatic rings. The molecule has 1 atom stereocenters. The number of hydrogen-bond donors (Lipinski definition) is 2. The number of nitrogens with two attached hydrogens (primary N) is 1. The zero-order valence-electron chi connectivity index (χ0n) is 10.7. The summed E-state index contributed by atoms with van der Waals surface area (Å²) in [6, 6.07) is 8.83. The lowest BCUT2D eigenvalue weighted by Crippen LogP contribution is -2.29. The number of rotatable bonds is 3. The van der Waals surface area contributed by atoms with Gasteiger partial charge in [-0.25, -0.2) is 18.6 Å². The quantitative estimate of drug-likeness (QED) is 0.438. The highest BCUT2D eigenvalue weighted by Gasteiger charge is 2.20. The molecule has 2 aromatic carbocycles. The van der Waals surface area contributed by atoms with Crippen molar-refractivity contribution in [2.75, 3.05) is 0 Å². The first-order valence-electron chi connectivity index (χ1n) is 6.18. The molecule has 0 amide bonds. The van der Waals surface area contributed by atoms with E-state index in [0.717, 1.165) is 27.8 Å². The number of hydrogen-bond acceptors (Lipinski definition) is 3. The standard InChI is InChI=1S/C15H11F3N2S/c16-11-6-9(7-12(17)13(11)18)14(20-19)10-3-1-2-8-4-5-21-15(8)10/h1-7,14,20H,19H2. The van der Waals surface area contributed by atoms with Crippen LogP contribution >= 0.6 is 11.3 Å². The zero-order chi connectivity index (χ0) is 15.0. The molecule has 0 bridgehead atoms. The fourth-order valence-electron chi connectivity index (χ4n) is 2.35. The number of hydrazine groups is 1. The van der Waals surface area contributed by atoms with Gasteiger partial charge in [0.2, 0.25) is 0 Å². The molecule has 1 aromatic heterocycles. The highest BCUT2D eigenvalue weighted by molar-refractivity contribution is 7.17. The predicted molar refractivity (Wildman–Crippen MR) is 77.3 cm³/mol. The van der Waals surface area contributed by atoms with Gasteiger partial charge in [-0.1, -0.05) is 18.2 Å². The van der Waals surface area contributed by atoms with Crippen molar-refractivity contribution in [3.63, 3.8) is 0 Å². The maximum absolute atomic E-state index is 13.4. The number of benzene rings is 2. The molecule has 1 unspecified atom stereocenters. The van der Waals surface area contributed by atoms with Crippen molar-refractivity contribution in [1.82, 2.24) is 5.43 Å². The van der Waals surface area contributed by atoms with Gasteiger partial charge < -0.3 is 0 Å². The summed E-state index contributed by atoms with van der Waals surface area (Å²) in [5.74, 6) is 1.60. The third-order valence-corrected chi connectivity index (χ3v) is 4.31. The molecule has 2 nitrogen and oxygen atoms in total. The van der Waals surface area contributed by atoms with Crippen molar-refractivity contribution in [2.45, 2.75) is 6.04 Å². The van der Waals surface area contributed by atoms with E-state index in [-0.39, 0.29) is 5.56 Å². The molecule has 3 N–H and O–H groups in total. The van der Waals surface area contributed by atoms with Crippen LogP contribution in [-0.4, -0.2) is 0 Å². The first-order valence-corrected chi connectivity index (χ1v) is 7.06. The fraction of sp³-hybridized carbons (Fsp3) is 0.0667. The minimum absolute atomic E-state index is 0.231. The van der Waals surface area contributed by atoms with Crippen molar-refractivity contribution in [2.24, 2.45) is 5.84 Å². The highest BCUT2D eigenvalue weighted by Crippen LogP contribution is 2.32. The maximum Gasteiger partial charge on any atom is 0.194 e. The van der Waals surface area contributed by atoms with Gasteiger partial charge in [0.25, 0.3) is 0 Å². The number of fused-ring (bicyclic) bond motifs is 1. The lowest BCUT2D eigenvalue weighted by Gasteiger charge is -2.18. The Bertz CT molecular complexity index is 777. The molecule has 0 aliphatic carbocycles. The van der Waals surface area contributed by atoms with E-state index >= 15 is 0 Å². The molecule has 3 rings (SSSR count). The Balaban J connectivity index is 2.16. The summed E-state index contributed by atoms with van der Waals surface area (Å²) in [7, 11) is 0. The van der Waals surface area contributed by atoms with E-state index in [0.29, 0.717) is 0 Å². The summed E-state index contributed by atoms with van der Waals surface area (Å²) in [5.41, 5.74) is 3.56. The first kappa shape index (κ1) is 14.1. The van der Waals surface area contributed by atoms with Crippen LogP contribution in [0.15, 0.2) is 41.8 Å².